The van der Waals surface area contributed by atoms with E-state index in [1.165, 1.54) is 89.9 Å². The van der Waals surface area contributed by atoms with Crippen molar-refractivity contribution in [2.45, 2.75) is 115 Å². The minimum Gasteiger partial charge on any atom is -0.502 e. The summed E-state index contributed by atoms with van der Waals surface area (Å²) in [6.45, 7) is 8.42. The molecule has 2 fully saturated rings. The molecule has 1 heterocycles. The van der Waals surface area contributed by atoms with E-state index in [0.29, 0.717) is 6.10 Å². The molecule has 0 amide bonds. The highest BCUT2D eigenvalue weighted by Crippen LogP contribution is 2.42. The van der Waals surface area contributed by atoms with Crippen molar-refractivity contribution in [3.8, 4) is 0 Å². The van der Waals surface area contributed by atoms with E-state index in [9.17, 15) is 0 Å². The summed E-state index contributed by atoms with van der Waals surface area (Å²) in [6.07, 6.45) is 21.6. The Labute approximate surface area is 168 Å². The van der Waals surface area contributed by atoms with Crippen LogP contribution in [0.4, 0.5) is 0 Å². The SMILES string of the molecule is C=COCCCCC(CCCCCCCC)(OCC1CO1)C1CCCCC1. The van der Waals surface area contributed by atoms with Crippen LogP contribution < -0.4 is 0 Å². The van der Waals surface area contributed by atoms with Gasteiger partial charge in [-0.05, 0) is 44.4 Å². The molecule has 0 bridgehead atoms. The maximum atomic E-state index is 6.74. The van der Waals surface area contributed by atoms with Gasteiger partial charge in [0.1, 0.15) is 6.10 Å². The second-order valence-corrected chi connectivity index (χ2v) is 8.68. The molecule has 0 N–H and O–H groups in total. The van der Waals surface area contributed by atoms with Gasteiger partial charge in [0.25, 0.3) is 0 Å². The summed E-state index contributed by atoms with van der Waals surface area (Å²) in [7, 11) is 0. The molecule has 1 aliphatic carbocycles. The van der Waals surface area contributed by atoms with E-state index < -0.39 is 0 Å². The van der Waals surface area contributed by atoms with Crippen molar-refractivity contribution in [2.24, 2.45) is 5.92 Å². The van der Waals surface area contributed by atoms with Crippen molar-refractivity contribution in [1.29, 1.82) is 0 Å². The summed E-state index contributed by atoms with van der Waals surface area (Å²) in [5, 5.41) is 0. The van der Waals surface area contributed by atoms with E-state index in [1.54, 1.807) is 6.26 Å². The third-order valence-corrected chi connectivity index (χ3v) is 6.49. The van der Waals surface area contributed by atoms with Gasteiger partial charge in [0.15, 0.2) is 0 Å². The molecule has 2 atom stereocenters. The Morgan fingerprint density at radius 2 is 1.63 bits per heavy atom. The van der Waals surface area contributed by atoms with Crippen molar-refractivity contribution >= 4 is 0 Å². The first-order valence-corrected chi connectivity index (χ1v) is 11.8. The van der Waals surface area contributed by atoms with E-state index in [-0.39, 0.29) is 5.60 Å². The van der Waals surface area contributed by atoms with Gasteiger partial charge in [0.2, 0.25) is 0 Å². The first kappa shape index (κ1) is 22.7. The van der Waals surface area contributed by atoms with E-state index in [4.69, 9.17) is 14.2 Å². The number of unbranched alkanes of at least 4 members (excludes halogenated alkanes) is 6. The average molecular weight is 381 g/mol. The molecule has 2 rings (SSSR count). The van der Waals surface area contributed by atoms with Crippen molar-refractivity contribution in [3.05, 3.63) is 12.8 Å². The fourth-order valence-corrected chi connectivity index (χ4v) is 4.74. The van der Waals surface area contributed by atoms with Crippen LogP contribution in [0.25, 0.3) is 0 Å². The van der Waals surface area contributed by atoms with Crippen LogP contribution in [0.3, 0.4) is 0 Å². The van der Waals surface area contributed by atoms with Gasteiger partial charge in [-0.2, -0.15) is 0 Å². The number of ether oxygens (including phenoxy) is 3. The largest absolute Gasteiger partial charge is 0.502 e. The molecule has 3 heteroatoms. The summed E-state index contributed by atoms with van der Waals surface area (Å²) >= 11 is 0. The molecule has 2 unspecified atom stereocenters. The average Bonchev–Trinajstić information content (AvgIpc) is 3.53. The predicted molar refractivity (Wildman–Crippen MR) is 113 cm³/mol. The van der Waals surface area contributed by atoms with Crippen LogP contribution in [0.2, 0.25) is 0 Å². The highest BCUT2D eigenvalue weighted by Gasteiger charge is 2.40. The topological polar surface area (TPSA) is 31.0 Å². The molecule has 158 valence electrons. The predicted octanol–water partition coefficient (Wildman–Crippen LogP) is 6.80. The zero-order chi connectivity index (χ0) is 19.2. The Hall–Kier alpha value is -0.540. The third kappa shape index (κ3) is 9.00. The summed E-state index contributed by atoms with van der Waals surface area (Å²) in [6, 6.07) is 0. The van der Waals surface area contributed by atoms with Gasteiger partial charge < -0.3 is 14.2 Å². The van der Waals surface area contributed by atoms with Crippen LogP contribution in [0.1, 0.15) is 103 Å². The fraction of sp³-hybridized carbons (Fsp3) is 0.917. The molecule has 0 aromatic carbocycles. The third-order valence-electron chi connectivity index (χ3n) is 6.49. The molecule has 0 spiro atoms. The quantitative estimate of drug-likeness (QED) is 0.158. The van der Waals surface area contributed by atoms with Crippen LogP contribution in [0.5, 0.6) is 0 Å². The summed E-state index contributed by atoms with van der Waals surface area (Å²) in [4.78, 5) is 0. The Balaban J connectivity index is 1.90. The van der Waals surface area contributed by atoms with Crippen molar-refractivity contribution in [2.75, 3.05) is 19.8 Å². The van der Waals surface area contributed by atoms with Crippen molar-refractivity contribution in [3.63, 3.8) is 0 Å². The second kappa shape index (κ2) is 13.6. The first-order chi connectivity index (χ1) is 13.3. The van der Waals surface area contributed by atoms with Crippen LogP contribution in [-0.4, -0.2) is 31.5 Å². The van der Waals surface area contributed by atoms with Crippen LogP contribution in [-0.2, 0) is 14.2 Å². The molecule has 0 radical (unpaired) electrons. The number of hydrogen-bond donors (Lipinski definition) is 0. The van der Waals surface area contributed by atoms with Gasteiger partial charge >= 0.3 is 0 Å². The monoisotopic (exact) mass is 380 g/mol. The van der Waals surface area contributed by atoms with E-state index in [1.807, 2.05) is 0 Å². The van der Waals surface area contributed by atoms with Gasteiger partial charge in [0.05, 0.1) is 31.7 Å². The van der Waals surface area contributed by atoms with E-state index >= 15 is 0 Å². The van der Waals surface area contributed by atoms with E-state index in [2.05, 4.69) is 13.5 Å². The zero-order valence-electron chi connectivity index (χ0n) is 17.9. The summed E-state index contributed by atoms with van der Waals surface area (Å²) in [5.74, 6) is 0.737. The maximum absolute atomic E-state index is 6.74. The fourth-order valence-electron chi connectivity index (χ4n) is 4.74. The molecule has 3 nitrogen and oxygen atoms in total. The highest BCUT2D eigenvalue weighted by atomic mass is 16.6. The lowest BCUT2D eigenvalue weighted by Gasteiger charge is -2.43. The number of rotatable bonds is 17. The molecule has 1 saturated heterocycles. The smallest absolute Gasteiger partial charge is 0.104 e. The Morgan fingerprint density at radius 3 is 2.30 bits per heavy atom. The molecule has 0 aromatic heterocycles. The summed E-state index contributed by atoms with van der Waals surface area (Å²) in [5.41, 5.74) is 0.0747. The Kier molecular flexibility index (Phi) is 11.5. The molecule has 27 heavy (non-hydrogen) atoms. The van der Waals surface area contributed by atoms with Crippen LogP contribution >= 0.6 is 0 Å². The number of epoxide rings is 1. The first-order valence-electron chi connectivity index (χ1n) is 11.8. The molecule has 0 aromatic rings. The summed E-state index contributed by atoms with van der Waals surface area (Å²) < 4.78 is 17.5. The van der Waals surface area contributed by atoms with Gasteiger partial charge in [0, 0.05) is 0 Å². The standard InChI is InChI=1S/C24H44O3/c1-3-5-6-7-8-12-17-24(27-21-23-20-26-23,18-13-14-19-25-4-2)22-15-10-9-11-16-22/h4,22-23H,2-3,5-21H2,1H3. The Morgan fingerprint density at radius 1 is 0.963 bits per heavy atom. The molecular formula is C24H44O3. The van der Waals surface area contributed by atoms with Gasteiger partial charge in [-0.15, -0.1) is 0 Å². The van der Waals surface area contributed by atoms with Gasteiger partial charge in [-0.3, -0.25) is 0 Å². The minimum atomic E-state index is 0.0747. The lowest BCUT2D eigenvalue weighted by atomic mass is 9.72. The lowest BCUT2D eigenvalue weighted by Crippen LogP contribution is -2.43. The zero-order valence-corrected chi connectivity index (χ0v) is 17.9. The molecule has 2 aliphatic rings. The van der Waals surface area contributed by atoms with Crippen molar-refractivity contribution < 1.29 is 14.2 Å². The minimum absolute atomic E-state index is 0.0747. The Bertz CT molecular complexity index is 374. The van der Waals surface area contributed by atoms with Crippen molar-refractivity contribution in [1.82, 2.24) is 0 Å². The second-order valence-electron chi connectivity index (χ2n) is 8.68. The number of hydrogen-bond acceptors (Lipinski definition) is 3. The van der Waals surface area contributed by atoms with Gasteiger partial charge in [-0.1, -0.05) is 71.3 Å². The van der Waals surface area contributed by atoms with E-state index in [0.717, 1.165) is 32.2 Å². The molecule has 1 aliphatic heterocycles. The van der Waals surface area contributed by atoms with Crippen LogP contribution in [0, 0.1) is 5.92 Å². The molecular weight excluding hydrogens is 336 g/mol. The highest BCUT2D eigenvalue weighted by molar-refractivity contribution is 4.91. The van der Waals surface area contributed by atoms with Gasteiger partial charge in [-0.25, -0.2) is 0 Å². The van der Waals surface area contributed by atoms with Crippen LogP contribution in [0.15, 0.2) is 12.8 Å². The normalized spacial score (nSPS) is 22.3. The lowest BCUT2D eigenvalue weighted by molar-refractivity contribution is -0.114. The maximum Gasteiger partial charge on any atom is 0.104 e. The molecule has 1 saturated carbocycles.